The van der Waals surface area contributed by atoms with Crippen molar-refractivity contribution in [2.75, 3.05) is 6.54 Å². The van der Waals surface area contributed by atoms with Crippen molar-refractivity contribution in [1.29, 1.82) is 0 Å². The number of amides is 1. The van der Waals surface area contributed by atoms with E-state index < -0.39 is 0 Å². The molecule has 1 rings (SSSR count). The maximum absolute atomic E-state index is 11.7. The first kappa shape index (κ1) is 17.6. The van der Waals surface area contributed by atoms with Crippen LogP contribution in [0.5, 0.6) is 0 Å². The molecule has 0 saturated heterocycles. The molecule has 2 N–H and O–H groups in total. The molecule has 1 aromatic rings. The second-order valence-electron chi connectivity index (χ2n) is 6.76. The minimum Gasteiger partial charge on any atom is -0.393 e. The van der Waals surface area contributed by atoms with Gasteiger partial charge in [-0.3, -0.25) is 4.79 Å². The number of aryl methyl sites for hydroxylation is 1. The Bertz CT molecular complexity index is 449. The maximum atomic E-state index is 11.7. The van der Waals surface area contributed by atoms with Gasteiger partial charge in [-0.15, -0.1) is 0 Å². The monoisotopic (exact) mass is 297 g/mol. The van der Waals surface area contributed by atoms with Gasteiger partial charge in [0.1, 0.15) is 0 Å². The van der Waals surface area contributed by atoms with E-state index in [4.69, 9.17) is 4.52 Å². The van der Waals surface area contributed by atoms with Crippen molar-refractivity contribution < 1.29 is 14.4 Å². The summed E-state index contributed by atoms with van der Waals surface area (Å²) in [5.41, 5.74) is -0.152. The highest BCUT2D eigenvalue weighted by Gasteiger charge is 2.21. The summed E-state index contributed by atoms with van der Waals surface area (Å²) < 4.78 is 5.15. The molecule has 1 aromatic heterocycles. The average molecular weight is 297 g/mol. The van der Waals surface area contributed by atoms with Crippen LogP contribution in [0.2, 0.25) is 0 Å². The van der Waals surface area contributed by atoms with Gasteiger partial charge in [0.2, 0.25) is 11.8 Å². The Morgan fingerprint density at radius 3 is 2.57 bits per heavy atom. The molecule has 0 bridgehead atoms. The van der Waals surface area contributed by atoms with Crippen LogP contribution >= 0.6 is 0 Å². The van der Waals surface area contributed by atoms with Crippen molar-refractivity contribution in [3.05, 3.63) is 11.7 Å². The number of carbonyl (C=O) groups excluding carboxylic acids is 1. The van der Waals surface area contributed by atoms with Gasteiger partial charge in [-0.1, -0.05) is 32.9 Å². The fraction of sp³-hybridized carbons (Fsp3) is 0.800. The van der Waals surface area contributed by atoms with E-state index in [1.807, 2.05) is 27.7 Å². The van der Waals surface area contributed by atoms with Crippen LogP contribution in [0.1, 0.15) is 59.2 Å². The summed E-state index contributed by atoms with van der Waals surface area (Å²) in [7, 11) is 0. The van der Waals surface area contributed by atoms with Crippen LogP contribution in [0.3, 0.4) is 0 Å². The minimum atomic E-state index is -0.342. The molecule has 0 spiro atoms. The van der Waals surface area contributed by atoms with E-state index in [2.05, 4.69) is 15.5 Å². The lowest BCUT2D eigenvalue weighted by atomic mass is 9.96. The highest BCUT2D eigenvalue weighted by molar-refractivity contribution is 5.75. The summed E-state index contributed by atoms with van der Waals surface area (Å²) in [6, 6.07) is 0. The minimum absolute atomic E-state index is 0.0389. The molecule has 2 atom stereocenters. The summed E-state index contributed by atoms with van der Waals surface area (Å²) in [6.45, 7) is 10.4. The molecule has 0 aliphatic rings. The summed E-state index contributed by atoms with van der Waals surface area (Å²) >= 11 is 0. The van der Waals surface area contributed by atoms with Crippen LogP contribution in [0.25, 0.3) is 0 Å². The van der Waals surface area contributed by atoms with Gasteiger partial charge in [-0.05, 0) is 19.3 Å². The lowest BCUT2D eigenvalue weighted by Crippen LogP contribution is -2.29. The molecule has 6 nitrogen and oxygen atoms in total. The van der Waals surface area contributed by atoms with Crippen LogP contribution in [0, 0.1) is 5.92 Å². The molecule has 1 amide bonds. The van der Waals surface area contributed by atoms with Crippen molar-refractivity contribution in [3.63, 3.8) is 0 Å². The molecule has 0 aliphatic heterocycles. The predicted octanol–water partition coefficient (Wildman–Crippen LogP) is 1.82. The van der Waals surface area contributed by atoms with Crippen LogP contribution in [-0.2, 0) is 16.6 Å². The first-order chi connectivity index (χ1) is 9.68. The second-order valence-corrected chi connectivity index (χ2v) is 6.76. The van der Waals surface area contributed by atoms with Gasteiger partial charge in [0.05, 0.1) is 6.10 Å². The van der Waals surface area contributed by atoms with Gasteiger partial charge in [0.15, 0.2) is 5.82 Å². The van der Waals surface area contributed by atoms with Crippen LogP contribution in [0.4, 0.5) is 0 Å². The number of carbonyl (C=O) groups is 1. The van der Waals surface area contributed by atoms with E-state index in [0.717, 1.165) is 0 Å². The molecular formula is C15H27N3O3. The number of aliphatic hydroxyl groups is 1. The second kappa shape index (κ2) is 7.54. The quantitative estimate of drug-likeness (QED) is 0.801. The lowest BCUT2D eigenvalue weighted by molar-refractivity contribution is -0.121. The van der Waals surface area contributed by atoms with Crippen molar-refractivity contribution >= 4 is 5.91 Å². The normalized spacial score (nSPS) is 14.8. The van der Waals surface area contributed by atoms with Gasteiger partial charge in [0.25, 0.3) is 0 Å². The molecule has 0 fully saturated rings. The van der Waals surface area contributed by atoms with E-state index in [1.54, 1.807) is 6.92 Å². The smallest absolute Gasteiger partial charge is 0.227 e. The lowest BCUT2D eigenvalue weighted by Gasteiger charge is -2.13. The number of nitrogens with one attached hydrogen (secondary N) is 1. The zero-order valence-electron chi connectivity index (χ0n) is 13.6. The van der Waals surface area contributed by atoms with Crippen LogP contribution < -0.4 is 5.32 Å². The molecule has 2 unspecified atom stereocenters. The third-order valence-electron chi connectivity index (χ3n) is 3.10. The topological polar surface area (TPSA) is 88.2 Å². The maximum Gasteiger partial charge on any atom is 0.227 e. The fourth-order valence-electron chi connectivity index (χ4n) is 1.92. The Kier molecular flexibility index (Phi) is 6.33. The summed E-state index contributed by atoms with van der Waals surface area (Å²) in [6.07, 6.45) is 1.11. The van der Waals surface area contributed by atoms with Crippen LogP contribution in [-0.4, -0.2) is 33.8 Å². The number of hydrogen-bond donors (Lipinski definition) is 2. The number of aromatic nitrogens is 2. The number of rotatable bonds is 7. The Morgan fingerprint density at radius 2 is 2.05 bits per heavy atom. The Morgan fingerprint density at radius 1 is 1.38 bits per heavy atom. The zero-order chi connectivity index (χ0) is 16.0. The van der Waals surface area contributed by atoms with Crippen molar-refractivity contribution in [2.24, 2.45) is 5.92 Å². The summed E-state index contributed by atoms with van der Waals surface area (Å²) in [4.78, 5) is 16.0. The van der Waals surface area contributed by atoms with Gasteiger partial charge in [-0.25, -0.2) is 0 Å². The number of aliphatic hydroxyl groups excluding tert-OH is 1. The number of nitrogens with zero attached hydrogens (tertiary/aromatic N) is 2. The Hall–Kier alpha value is -1.43. The molecule has 0 saturated carbocycles. The van der Waals surface area contributed by atoms with Gasteiger partial charge >= 0.3 is 0 Å². The van der Waals surface area contributed by atoms with E-state index >= 15 is 0 Å². The molecule has 0 aromatic carbocycles. The molecule has 1 heterocycles. The van der Waals surface area contributed by atoms with Gasteiger partial charge in [-0.2, -0.15) is 4.98 Å². The van der Waals surface area contributed by atoms with Gasteiger partial charge < -0.3 is 14.9 Å². The highest BCUT2D eigenvalue weighted by atomic mass is 16.5. The van der Waals surface area contributed by atoms with E-state index in [0.29, 0.717) is 37.5 Å². The molecule has 6 heteroatoms. The molecule has 120 valence electrons. The third kappa shape index (κ3) is 6.71. The molecule has 0 aliphatic carbocycles. The molecule has 21 heavy (non-hydrogen) atoms. The van der Waals surface area contributed by atoms with E-state index in [1.165, 1.54) is 0 Å². The van der Waals surface area contributed by atoms with Crippen LogP contribution in [0.15, 0.2) is 4.52 Å². The van der Waals surface area contributed by atoms with E-state index in [9.17, 15) is 9.90 Å². The first-order valence-corrected chi connectivity index (χ1v) is 7.46. The summed E-state index contributed by atoms with van der Waals surface area (Å²) in [5, 5.41) is 16.0. The fourth-order valence-corrected chi connectivity index (χ4v) is 1.92. The Labute approximate surface area is 126 Å². The summed E-state index contributed by atoms with van der Waals surface area (Å²) in [5.74, 6) is 1.36. The van der Waals surface area contributed by atoms with Crippen molar-refractivity contribution in [1.82, 2.24) is 15.5 Å². The van der Waals surface area contributed by atoms with E-state index in [-0.39, 0.29) is 23.3 Å². The largest absolute Gasteiger partial charge is 0.393 e. The SMILES string of the molecule is CC(O)CC(C)CNC(=O)CCc1nc(C(C)(C)C)no1. The zero-order valence-corrected chi connectivity index (χ0v) is 13.6. The standard InChI is InChI=1S/C15H27N3O3/c1-10(8-11(2)19)9-16-12(20)6-7-13-17-14(18-21-13)15(3,4)5/h10-11,19H,6-9H2,1-5H3,(H,16,20). The third-order valence-corrected chi connectivity index (χ3v) is 3.10. The predicted molar refractivity (Wildman–Crippen MR) is 79.8 cm³/mol. The first-order valence-electron chi connectivity index (χ1n) is 7.46. The van der Waals surface area contributed by atoms with Crippen molar-refractivity contribution in [2.45, 2.75) is 65.4 Å². The number of hydrogen-bond acceptors (Lipinski definition) is 5. The highest BCUT2D eigenvalue weighted by Crippen LogP contribution is 2.18. The van der Waals surface area contributed by atoms with Crippen molar-refractivity contribution in [3.8, 4) is 0 Å². The molecule has 0 radical (unpaired) electrons. The van der Waals surface area contributed by atoms with Gasteiger partial charge in [0, 0.05) is 24.8 Å². The average Bonchev–Trinajstić information content (AvgIpc) is 2.81. The molecular weight excluding hydrogens is 270 g/mol. The Balaban J connectivity index is 2.32.